The smallest absolute Gasteiger partial charge is 0.271 e. The number of nitrogens with zero attached hydrogens (tertiary/aromatic N) is 3. The van der Waals surface area contributed by atoms with Gasteiger partial charge in [-0.25, -0.2) is 0 Å². The number of anilines is 1. The molecular formula is C27H32N4O3. The van der Waals surface area contributed by atoms with Gasteiger partial charge >= 0.3 is 0 Å². The molecular weight excluding hydrogens is 428 g/mol. The van der Waals surface area contributed by atoms with Crippen molar-refractivity contribution in [3.63, 3.8) is 0 Å². The summed E-state index contributed by atoms with van der Waals surface area (Å²) < 4.78 is 12.1. The molecule has 3 aromatic rings. The number of hydrogen-bond donors (Lipinski definition) is 1. The van der Waals surface area contributed by atoms with E-state index in [0.29, 0.717) is 37.1 Å². The molecule has 1 spiro atoms. The lowest BCUT2D eigenvalue weighted by Gasteiger charge is -2.38. The number of nitrogens with one attached hydrogen (secondary N) is 1. The topological polar surface area (TPSA) is 70.7 Å². The van der Waals surface area contributed by atoms with Crippen LogP contribution in [0.15, 0.2) is 60.7 Å². The Morgan fingerprint density at radius 2 is 1.91 bits per heavy atom. The molecule has 3 heterocycles. The minimum Gasteiger partial charge on any atom is -0.493 e. The standard InChI is InChI=1S/C27H32N4O3/c1-3-33-25-12-8-7-11-22(25)23-17-24(29-28-23)26(32)31-15-13-27(14-16-31)18-21(19-34-27)30(2)20-9-5-4-6-10-20/h4-12,17,21H,3,13-16,18-19H2,1-2H3,(H,28,29)/t21-/m1/s1. The van der Waals surface area contributed by atoms with E-state index in [1.807, 2.05) is 48.2 Å². The maximum absolute atomic E-state index is 13.2. The van der Waals surface area contributed by atoms with E-state index in [9.17, 15) is 4.79 Å². The predicted octanol–water partition coefficient (Wildman–Crippen LogP) is 4.38. The number of ether oxygens (including phenoxy) is 2. The van der Waals surface area contributed by atoms with Crippen LogP contribution in [0.25, 0.3) is 11.3 Å². The van der Waals surface area contributed by atoms with E-state index in [2.05, 4.69) is 46.4 Å². The van der Waals surface area contributed by atoms with Gasteiger partial charge < -0.3 is 19.3 Å². The number of aromatic amines is 1. The summed E-state index contributed by atoms with van der Waals surface area (Å²) in [5, 5.41) is 7.33. The van der Waals surface area contributed by atoms with Crippen molar-refractivity contribution in [2.45, 2.75) is 37.8 Å². The largest absolute Gasteiger partial charge is 0.493 e. The first kappa shape index (κ1) is 22.5. The molecule has 2 saturated heterocycles. The van der Waals surface area contributed by atoms with Gasteiger partial charge in [-0.15, -0.1) is 0 Å². The Morgan fingerprint density at radius 3 is 2.68 bits per heavy atom. The Balaban J connectivity index is 1.21. The third kappa shape index (κ3) is 4.40. The monoisotopic (exact) mass is 460 g/mol. The van der Waals surface area contributed by atoms with Crippen molar-refractivity contribution in [3.8, 4) is 17.0 Å². The second kappa shape index (κ2) is 9.50. The highest BCUT2D eigenvalue weighted by molar-refractivity contribution is 5.93. The van der Waals surface area contributed by atoms with Crippen molar-refractivity contribution < 1.29 is 14.3 Å². The summed E-state index contributed by atoms with van der Waals surface area (Å²) in [5.41, 5.74) is 3.17. The number of H-pyrrole nitrogens is 1. The van der Waals surface area contributed by atoms with Crippen molar-refractivity contribution in [2.75, 3.05) is 38.3 Å². The van der Waals surface area contributed by atoms with Crippen LogP contribution in [0.2, 0.25) is 0 Å². The highest BCUT2D eigenvalue weighted by Crippen LogP contribution is 2.38. The third-order valence-electron chi connectivity index (χ3n) is 7.13. The van der Waals surface area contributed by atoms with Crippen LogP contribution in [0.1, 0.15) is 36.7 Å². The minimum absolute atomic E-state index is 0.0153. The fourth-order valence-electron chi connectivity index (χ4n) is 5.11. The zero-order chi connectivity index (χ0) is 23.5. The van der Waals surface area contributed by atoms with Gasteiger partial charge in [-0.2, -0.15) is 5.10 Å². The van der Waals surface area contributed by atoms with E-state index in [4.69, 9.17) is 9.47 Å². The molecule has 0 saturated carbocycles. The van der Waals surface area contributed by atoms with Gasteiger partial charge in [0, 0.05) is 31.4 Å². The fraction of sp³-hybridized carbons (Fsp3) is 0.407. The molecule has 2 fully saturated rings. The molecule has 2 aliphatic heterocycles. The van der Waals surface area contributed by atoms with Crippen LogP contribution in [0.5, 0.6) is 5.75 Å². The first-order valence-electron chi connectivity index (χ1n) is 12.1. The van der Waals surface area contributed by atoms with Gasteiger partial charge in [0.25, 0.3) is 5.91 Å². The normalized spacial score (nSPS) is 19.4. The van der Waals surface area contributed by atoms with Crippen LogP contribution in [0.3, 0.4) is 0 Å². The Kier molecular flexibility index (Phi) is 6.28. The van der Waals surface area contributed by atoms with Crippen LogP contribution < -0.4 is 9.64 Å². The average molecular weight is 461 g/mol. The Hall–Kier alpha value is -3.32. The number of likely N-dealkylation sites (tertiary alicyclic amines) is 1. The van der Waals surface area contributed by atoms with Gasteiger partial charge in [0.1, 0.15) is 11.4 Å². The minimum atomic E-state index is -0.139. The number of para-hydroxylation sites is 2. The average Bonchev–Trinajstić information content (AvgIpc) is 3.53. The Labute approximate surface area is 200 Å². The maximum Gasteiger partial charge on any atom is 0.271 e. The summed E-state index contributed by atoms with van der Waals surface area (Å²) in [7, 11) is 2.14. The zero-order valence-electron chi connectivity index (χ0n) is 19.9. The number of likely N-dealkylation sites (N-methyl/N-ethyl adjacent to an activating group) is 1. The first-order valence-corrected chi connectivity index (χ1v) is 12.1. The summed E-state index contributed by atoms with van der Waals surface area (Å²) in [5.74, 6) is 0.752. The summed E-state index contributed by atoms with van der Waals surface area (Å²) in [6, 6.07) is 20.4. The van der Waals surface area contributed by atoms with Gasteiger partial charge in [0.05, 0.1) is 30.6 Å². The van der Waals surface area contributed by atoms with E-state index in [-0.39, 0.29) is 11.5 Å². The molecule has 5 rings (SSSR count). The molecule has 1 aromatic heterocycles. The lowest BCUT2D eigenvalue weighted by atomic mass is 9.87. The number of carbonyl (C=O) groups is 1. The maximum atomic E-state index is 13.2. The van der Waals surface area contributed by atoms with Crippen molar-refractivity contribution >= 4 is 11.6 Å². The summed E-state index contributed by atoms with van der Waals surface area (Å²) in [6.45, 7) is 4.62. The molecule has 1 atom stereocenters. The number of benzene rings is 2. The second-order valence-corrected chi connectivity index (χ2v) is 9.19. The van der Waals surface area contributed by atoms with Crippen molar-refractivity contribution in [1.82, 2.24) is 15.1 Å². The first-order chi connectivity index (χ1) is 16.6. The highest BCUT2D eigenvalue weighted by Gasteiger charge is 2.44. The molecule has 7 heteroatoms. The van der Waals surface area contributed by atoms with Crippen molar-refractivity contribution in [2.24, 2.45) is 0 Å². The Bertz CT molecular complexity index is 1120. The van der Waals surface area contributed by atoms with E-state index in [0.717, 1.165) is 37.2 Å². The molecule has 2 aliphatic rings. The second-order valence-electron chi connectivity index (χ2n) is 9.19. The van der Waals surface area contributed by atoms with Gasteiger partial charge in [-0.05, 0) is 56.5 Å². The molecule has 2 aromatic carbocycles. The molecule has 34 heavy (non-hydrogen) atoms. The number of carbonyl (C=O) groups excluding carboxylic acids is 1. The third-order valence-corrected chi connectivity index (χ3v) is 7.13. The fourth-order valence-corrected chi connectivity index (χ4v) is 5.11. The van der Waals surface area contributed by atoms with E-state index < -0.39 is 0 Å². The highest BCUT2D eigenvalue weighted by atomic mass is 16.5. The lowest BCUT2D eigenvalue weighted by Crippen LogP contribution is -2.47. The number of aromatic nitrogens is 2. The predicted molar refractivity (Wildman–Crippen MR) is 132 cm³/mol. The van der Waals surface area contributed by atoms with Gasteiger partial charge in [-0.3, -0.25) is 9.89 Å². The lowest BCUT2D eigenvalue weighted by molar-refractivity contribution is -0.0389. The molecule has 0 unspecified atom stereocenters. The summed E-state index contributed by atoms with van der Waals surface area (Å²) in [6.07, 6.45) is 2.70. The zero-order valence-corrected chi connectivity index (χ0v) is 19.9. The number of amides is 1. The van der Waals surface area contributed by atoms with E-state index >= 15 is 0 Å². The summed E-state index contributed by atoms with van der Waals surface area (Å²) in [4.78, 5) is 17.4. The van der Waals surface area contributed by atoms with Crippen LogP contribution in [0, 0.1) is 0 Å². The summed E-state index contributed by atoms with van der Waals surface area (Å²) >= 11 is 0. The molecule has 1 N–H and O–H groups in total. The van der Waals surface area contributed by atoms with Crippen LogP contribution >= 0.6 is 0 Å². The molecule has 178 valence electrons. The van der Waals surface area contributed by atoms with Crippen LogP contribution in [-0.2, 0) is 4.74 Å². The van der Waals surface area contributed by atoms with Crippen LogP contribution in [-0.4, -0.2) is 66.0 Å². The molecule has 0 bridgehead atoms. The molecule has 0 radical (unpaired) electrons. The van der Waals surface area contributed by atoms with Crippen molar-refractivity contribution in [1.29, 1.82) is 0 Å². The number of hydrogen-bond acceptors (Lipinski definition) is 5. The van der Waals surface area contributed by atoms with Gasteiger partial charge in [0.2, 0.25) is 0 Å². The molecule has 7 nitrogen and oxygen atoms in total. The quantitative estimate of drug-likeness (QED) is 0.591. The van der Waals surface area contributed by atoms with Gasteiger partial charge in [-0.1, -0.05) is 30.3 Å². The van der Waals surface area contributed by atoms with E-state index in [1.54, 1.807) is 0 Å². The molecule has 0 aliphatic carbocycles. The molecule has 1 amide bonds. The van der Waals surface area contributed by atoms with Gasteiger partial charge in [0.15, 0.2) is 0 Å². The SMILES string of the molecule is CCOc1ccccc1-c1cc(C(=O)N2CCC3(CC2)C[C@@H](N(C)c2ccccc2)CO3)[nH]n1. The van der Waals surface area contributed by atoms with Crippen molar-refractivity contribution in [3.05, 3.63) is 66.4 Å². The van der Waals surface area contributed by atoms with E-state index in [1.165, 1.54) is 5.69 Å². The Morgan fingerprint density at radius 1 is 1.18 bits per heavy atom. The van der Waals surface area contributed by atoms with Crippen LogP contribution in [0.4, 0.5) is 5.69 Å². The number of piperidine rings is 1. The number of rotatable bonds is 6.